The molecule has 0 saturated carbocycles. The molecule has 11 heteroatoms. The Bertz CT molecular complexity index is 758. The van der Waals surface area contributed by atoms with Gasteiger partial charge in [-0.3, -0.25) is 10.00 Å². The number of aromatic nitrogens is 2. The van der Waals surface area contributed by atoms with Crippen LogP contribution in [0.5, 0.6) is 0 Å². The maximum atomic E-state index is 13.1. The number of halogens is 3. The van der Waals surface area contributed by atoms with Gasteiger partial charge in [0, 0.05) is 24.6 Å². The van der Waals surface area contributed by atoms with E-state index in [0.29, 0.717) is 0 Å². The molecule has 2 amide bonds. The smallest absolute Gasteiger partial charge is 0.319 e. The van der Waals surface area contributed by atoms with E-state index in [-0.39, 0.29) is 36.8 Å². The van der Waals surface area contributed by atoms with Crippen LogP contribution in [0.25, 0.3) is 0 Å². The van der Waals surface area contributed by atoms with Gasteiger partial charge in [0.25, 0.3) is 0 Å². The molecule has 1 atom stereocenters. The first-order valence-electron chi connectivity index (χ1n) is 8.26. The van der Waals surface area contributed by atoms with Gasteiger partial charge in [-0.25, -0.2) is 13.2 Å². The molecule has 7 nitrogen and oxygen atoms in total. The Balaban J connectivity index is 2.01. The lowest BCUT2D eigenvalue weighted by molar-refractivity contribution is -0.189. The molecule has 1 aliphatic heterocycles. The molecular weight excluding hydrogens is 373 g/mol. The Labute approximate surface area is 150 Å². The Morgan fingerprint density at radius 1 is 1.42 bits per heavy atom. The number of alkyl halides is 3. The predicted molar refractivity (Wildman–Crippen MR) is 90.5 cm³/mol. The van der Waals surface area contributed by atoms with Crippen LogP contribution in [-0.4, -0.2) is 58.9 Å². The zero-order valence-corrected chi connectivity index (χ0v) is 15.7. The molecule has 148 valence electrons. The van der Waals surface area contributed by atoms with Crippen LogP contribution in [0, 0.1) is 5.92 Å². The molecule has 2 heterocycles. The molecule has 1 aromatic rings. The number of carbonyl (C=O) groups is 1. The molecule has 1 fully saturated rings. The minimum absolute atomic E-state index is 0.00153. The molecule has 1 aromatic heterocycles. The number of nitrogens with one attached hydrogen (secondary N) is 1. The van der Waals surface area contributed by atoms with Crippen LogP contribution in [0.4, 0.5) is 23.8 Å². The summed E-state index contributed by atoms with van der Waals surface area (Å²) in [4.78, 5) is 13.5. The van der Waals surface area contributed by atoms with E-state index in [1.807, 2.05) is 0 Å². The highest BCUT2D eigenvalue weighted by Gasteiger charge is 2.56. The second kappa shape index (κ2) is 7.09. The van der Waals surface area contributed by atoms with Crippen molar-refractivity contribution in [3.8, 4) is 0 Å². The lowest BCUT2D eigenvalue weighted by Gasteiger charge is -2.36. The molecule has 1 aliphatic rings. The fourth-order valence-electron chi connectivity index (χ4n) is 3.12. The number of rotatable bonds is 5. The van der Waals surface area contributed by atoms with Gasteiger partial charge in [-0.05, 0) is 20.3 Å². The Hall–Kier alpha value is -1.78. The number of nitrogens with zero attached hydrogens (tertiary/aromatic N) is 3. The van der Waals surface area contributed by atoms with E-state index >= 15 is 0 Å². The van der Waals surface area contributed by atoms with Crippen LogP contribution in [0.1, 0.15) is 27.2 Å². The minimum Gasteiger partial charge on any atom is -0.319 e. The quantitative estimate of drug-likeness (QED) is 0.829. The number of sulfone groups is 1. The summed E-state index contributed by atoms with van der Waals surface area (Å²) in [5.41, 5.74) is -1.36. The molecule has 0 spiro atoms. The second-order valence-corrected chi connectivity index (χ2v) is 9.29. The van der Waals surface area contributed by atoms with Gasteiger partial charge in [0.1, 0.15) is 0 Å². The largest absolute Gasteiger partial charge is 0.394 e. The second-order valence-electron chi connectivity index (χ2n) is 6.82. The first kappa shape index (κ1) is 20.5. The number of urea groups is 1. The third-order valence-electron chi connectivity index (χ3n) is 4.78. The average molecular weight is 396 g/mol. The first-order chi connectivity index (χ1) is 11.9. The van der Waals surface area contributed by atoms with Crippen molar-refractivity contribution >= 4 is 21.7 Å². The van der Waals surface area contributed by atoms with Crippen LogP contribution in [-0.2, 0) is 16.4 Å². The van der Waals surface area contributed by atoms with Crippen molar-refractivity contribution in [1.82, 2.24) is 14.7 Å². The summed E-state index contributed by atoms with van der Waals surface area (Å²) in [5.74, 6) is -1.47. The zero-order chi connectivity index (χ0) is 19.8. The Morgan fingerprint density at radius 3 is 2.62 bits per heavy atom. The fourth-order valence-corrected chi connectivity index (χ4v) is 3.88. The van der Waals surface area contributed by atoms with Crippen LogP contribution in [0.2, 0.25) is 0 Å². The summed E-state index contributed by atoms with van der Waals surface area (Å²) in [6.45, 7) is 4.48. The monoisotopic (exact) mass is 396 g/mol. The van der Waals surface area contributed by atoms with Gasteiger partial charge < -0.3 is 4.90 Å². The predicted octanol–water partition coefficient (Wildman–Crippen LogP) is 2.51. The third kappa shape index (κ3) is 4.49. The number of anilines is 1. The summed E-state index contributed by atoms with van der Waals surface area (Å²) >= 11 is 0. The van der Waals surface area contributed by atoms with Crippen molar-refractivity contribution in [3.63, 3.8) is 0 Å². The lowest BCUT2D eigenvalue weighted by atomic mass is 9.88. The van der Waals surface area contributed by atoms with Gasteiger partial charge in [0.15, 0.2) is 15.7 Å². The molecule has 0 unspecified atom stereocenters. The van der Waals surface area contributed by atoms with Crippen molar-refractivity contribution in [2.24, 2.45) is 5.92 Å². The van der Waals surface area contributed by atoms with Crippen LogP contribution < -0.4 is 5.32 Å². The van der Waals surface area contributed by atoms with Crippen molar-refractivity contribution in [2.45, 2.75) is 45.5 Å². The van der Waals surface area contributed by atoms with Crippen molar-refractivity contribution in [3.05, 3.63) is 12.3 Å². The van der Waals surface area contributed by atoms with E-state index in [1.165, 1.54) is 30.8 Å². The van der Waals surface area contributed by atoms with Crippen LogP contribution in [0.3, 0.4) is 0 Å². The topological polar surface area (TPSA) is 84.3 Å². The standard InChI is InChI=1S/C15H23F3N4O3S/c1-4-26(24,25)10-9-21-7-6-12(20-21)19-13(23)22-8-5-11(14(22,2)3)15(16,17)18/h6-7,11H,4-5,8-10H2,1-3H3,(H,19,20,23)/t11-/m1/s1. The molecule has 1 saturated heterocycles. The number of likely N-dealkylation sites (tertiary alicyclic amines) is 1. The number of aryl methyl sites for hydroxylation is 1. The highest BCUT2D eigenvalue weighted by Crippen LogP contribution is 2.44. The summed E-state index contributed by atoms with van der Waals surface area (Å²) in [6.07, 6.45) is -3.01. The molecule has 1 N–H and O–H groups in total. The van der Waals surface area contributed by atoms with E-state index < -0.39 is 33.5 Å². The Morgan fingerprint density at radius 2 is 2.08 bits per heavy atom. The van der Waals surface area contributed by atoms with Gasteiger partial charge in [-0.15, -0.1) is 0 Å². The van der Waals surface area contributed by atoms with E-state index in [2.05, 4.69) is 10.4 Å². The summed E-state index contributed by atoms with van der Waals surface area (Å²) < 4.78 is 63.7. The zero-order valence-electron chi connectivity index (χ0n) is 14.9. The number of hydrogen-bond donors (Lipinski definition) is 1. The van der Waals surface area contributed by atoms with Crippen LogP contribution >= 0.6 is 0 Å². The van der Waals surface area contributed by atoms with E-state index in [0.717, 1.165) is 4.90 Å². The highest BCUT2D eigenvalue weighted by atomic mass is 32.2. The maximum Gasteiger partial charge on any atom is 0.394 e. The summed E-state index contributed by atoms with van der Waals surface area (Å²) in [6, 6.07) is 0.814. The van der Waals surface area contributed by atoms with Gasteiger partial charge in [0.05, 0.1) is 23.8 Å². The molecule has 0 radical (unpaired) electrons. The summed E-state index contributed by atoms with van der Waals surface area (Å²) in [5, 5.41) is 6.53. The SMILES string of the molecule is CCS(=O)(=O)CCn1ccc(NC(=O)N2CC[C@@H](C(F)(F)F)C2(C)C)n1. The number of hydrogen-bond acceptors (Lipinski definition) is 4. The number of carbonyl (C=O) groups excluding carboxylic acids is 1. The summed E-state index contributed by atoms with van der Waals surface area (Å²) in [7, 11) is -3.14. The normalized spacial score (nSPS) is 20.4. The van der Waals surface area contributed by atoms with Gasteiger partial charge in [0.2, 0.25) is 0 Å². The molecule has 2 rings (SSSR count). The molecule has 0 aliphatic carbocycles. The van der Waals surface area contributed by atoms with Gasteiger partial charge in [-0.2, -0.15) is 18.3 Å². The van der Waals surface area contributed by atoms with Crippen molar-refractivity contribution < 1.29 is 26.4 Å². The lowest BCUT2D eigenvalue weighted by Crippen LogP contribution is -2.51. The number of amides is 2. The van der Waals surface area contributed by atoms with E-state index in [1.54, 1.807) is 6.92 Å². The Kier molecular flexibility index (Phi) is 5.60. The highest BCUT2D eigenvalue weighted by molar-refractivity contribution is 7.91. The third-order valence-corrected chi connectivity index (χ3v) is 6.46. The van der Waals surface area contributed by atoms with E-state index in [9.17, 15) is 26.4 Å². The van der Waals surface area contributed by atoms with Crippen LogP contribution in [0.15, 0.2) is 12.3 Å². The van der Waals surface area contributed by atoms with E-state index in [4.69, 9.17) is 0 Å². The van der Waals surface area contributed by atoms with Crippen molar-refractivity contribution in [1.29, 1.82) is 0 Å². The van der Waals surface area contributed by atoms with Gasteiger partial charge >= 0.3 is 12.2 Å². The van der Waals surface area contributed by atoms with Gasteiger partial charge in [-0.1, -0.05) is 6.92 Å². The first-order valence-corrected chi connectivity index (χ1v) is 10.1. The average Bonchev–Trinajstić information content (AvgIpc) is 3.08. The molecule has 0 aromatic carbocycles. The maximum absolute atomic E-state index is 13.1. The molecule has 26 heavy (non-hydrogen) atoms. The minimum atomic E-state index is -4.37. The molecule has 0 bridgehead atoms. The fraction of sp³-hybridized carbons (Fsp3) is 0.733. The molecular formula is C15H23F3N4O3S. The van der Waals surface area contributed by atoms with Crippen molar-refractivity contribution in [2.75, 3.05) is 23.4 Å².